The van der Waals surface area contributed by atoms with Crippen LogP contribution in [-0.2, 0) is 4.79 Å². The Morgan fingerprint density at radius 1 is 1.50 bits per heavy atom. The molecule has 0 aliphatic heterocycles. The molecule has 2 unspecified atom stereocenters. The average molecular weight is 197 g/mol. The van der Waals surface area contributed by atoms with Gasteiger partial charge in [-0.3, -0.25) is 4.79 Å². The van der Waals surface area contributed by atoms with Gasteiger partial charge in [0.15, 0.2) is 0 Å². The summed E-state index contributed by atoms with van der Waals surface area (Å²) in [4.78, 5) is 11.4. The lowest BCUT2D eigenvalue weighted by Crippen LogP contribution is -2.37. The minimum absolute atomic E-state index is 0.0310. The summed E-state index contributed by atoms with van der Waals surface area (Å²) in [7, 11) is 0. The van der Waals surface area contributed by atoms with E-state index in [2.05, 4.69) is 5.32 Å². The van der Waals surface area contributed by atoms with Gasteiger partial charge in [0.1, 0.15) is 0 Å². The number of nitrogens with zero attached hydrogens (tertiary/aromatic N) is 1. The van der Waals surface area contributed by atoms with Gasteiger partial charge in [0.25, 0.3) is 0 Å². The van der Waals surface area contributed by atoms with Gasteiger partial charge in [-0.05, 0) is 12.8 Å². The molecule has 0 bridgehead atoms. The van der Waals surface area contributed by atoms with Gasteiger partial charge < -0.3 is 11.1 Å². The highest BCUT2D eigenvalue weighted by atomic mass is 16.1. The molecule has 0 aliphatic carbocycles. The predicted octanol–water partition coefficient (Wildman–Crippen LogP) is 0.922. The number of nitrogens with one attached hydrogen (secondary N) is 1. The third-order valence-electron chi connectivity index (χ3n) is 2.17. The van der Waals surface area contributed by atoms with E-state index in [0.717, 1.165) is 12.8 Å². The van der Waals surface area contributed by atoms with Crippen LogP contribution in [0.5, 0.6) is 0 Å². The Hall–Kier alpha value is -1.08. The quantitative estimate of drug-likeness (QED) is 0.664. The molecule has 0 spiro atoms. The van der Waals surface area contributed by atoms with Crippen LogP contribution < -0.4 is 11.1 Å². The lowest BCUT2D eigenvalue weighted by Gasteiger charge is -2.15. The minimum Gasteiger partial charge on any atom is -0.352 e. The molecule has 0 heterocycles. The summed E-state index contributed by atoms with van der Waals surface area (Å²) < 4.78 is 0. The van der Waals surface area contributed by atoms with Crippen LogP contribution in [0.1, 0.15) is 39.5 Å². The van der Waals surface area contributed by atoms with Crippen molar-refractivity contribution in [2.75, 3.05) is 0 Å². The second-order valence-electron chi connectivity index (χ2n) is 3.41. The fourth-order valence-corrected chi connectivity index (χ4v) is 1.08. The van der Waals surface area contributed by atoms with E-state index in [9.17, 15) is 4.79 Å². The smallest absolute Gasteiger partial charge is 0.221 e. The Morgan fingerprint density at radius 2 is 2.14 bits per heavy atom. The standard InChI is InChI=1S/C10H19N3O/c1-3-8(12)7-10(14)13-9(4-2)5-6-11/h8-9H,3-5,7,12H2,1-2H3,(H,13,14). The van der Waals surface area contributed by atoms with Crippen molar-refractivity contribution in [3.05, 3.63) is 0 Å². The number of carbonyl (C=O) groups is 1. The van der Waals surface area contributed by atoms with Gasteiger partial charge in [-0.25, -0.2) is 0 Å². The van der Waals surface area contributed by atoms with E-state index < -0.39 is 0 Å². The topological polar surface area (TPSA) is 78.9 Å². The first-order valence-electron chi connectivity index (χ1n) is 5.05. The fourth-order valence-electron chi connectivity index (χ4n) is 1.08. The molecule has 4 heteroatoms. The first kappa shape index (κ1) is 12.9. The SMILES string of the molecule is CCC(N)CC(=O)NC(CC)CC#N. The van der Waals surface area contributed by atoms with Crippen molar-refractivity contribution >= 4 is 5.91 Å². The summed E-state index contributed by atoms with van der Waals surface area (Å²) in [6, 6.07) is 1.94. The van der Waals surface area contributed by atoms with Crippen molar-refractivity contribution in [3.8, 4) is 6.07 Å². The van der Waals surface area contributed by atoms with E-state index >= 15 is 0 Å². The van der Waals surface area contributed by atoms with Gasteiger partial charge in [-0.2, -0.15) is 5.26 Å². The third-order valence-corrected chi connectivity index (χ3v) is 2.17. The largest absolute Gasteiger partial charge is 0.352 e. The Labute approximate surface area is 85.5 Å². The van der Waals surface area contributed by atoms with Crippen LogP contribution in [0.25, 0.3) is 0 Å². The maximum atomic E-state index is 11.4. The van der Waals surface area contributed by atoms with Crippen LogP contribution in [-0.4, -0.2) is 18.0 Å². The molecule has 0 aromatic heterocycles. The van der Waals surface area contributed by atoms with Gasteiger partial charge >= 0.3 is 0 Å². The molecule has 0 fully saturated rings. The van der Waals surface area contributed by atoms with Crippen molar-refractivity contribution < 1.29 is 4.79 Å². The molecule has 0 saturated heterocycles. The number of amides is 1. The highest BCUT2D eigenvalue weighted by molar-refractivity contribution is 5.76. The number of nitriles is 1. The monoisotopic (exact) mass is 197 g/mol. The third kappa shape index (κ3) is 5.55. The molecule has 3 N–H and O–H groups in total. The molecule has 80 valence electrons. The molecular weight excluding hydrogens is 178 g/mol. The Balaban J connectivity index is 3.85. The Bertz CT molecular complexity index is 210. The molecule has 0 radical (unpaired) electrons. The predicted molar refractivity (Wildman–Crippen MR) is 55.3 cm³/mol. The number of nitrogens with two attached hydrogens (primary N) is 1. The van der Waals surface area contributed by atoms with E-state index in [4.69, 9.17) is 11.0 Å². The second kappa shape index (κ2) is 7.34. The van der Waals surface area contributed by atoms with E-state index in [-0.39, 0.29) is 18.0 Å². The first-order valence-corrected chi connectivity index (χ1v) is 5.05. The van der Waals surface area contributed by atoms with Gasteiger partial charge in [0.05, 0.1) is 12.5 Å². The normalized spacial score (nSPS) is 14.1. The van der Waals surface area contributed by atoms with Crippen molar-refractivity contribution in [3.63, 3.8) is 0 Å². The number of hydrogen-bond acceptors (Lipinski definition) is 3. The summed E-state index contributed by atoms with van der Waals surface area (Å²) in [5.41, 5.74) is 5.64. The van der Waals surface area contributed by atoms with Crippen LogP contribution in [0.3, 0.4) is 0 Å². The van der Waals surface area contributed by atoms with Crippen LogP contribution >= 0.6 is 0 Å². The highest BCUT2D eigenvalue weighted by Crippen LogP contribution is 1.99. The van der Waals surface area contributed by atoms with Crippen LogP contribution in [0.4, 0.5) is 0 Å². The summed E-state index contributed by atoms with van der Waals surface area (Å²) >= 11 is 0. The number of carbonyl (C=O) groups excluding carboxylic acids is 1. The van der Waals surface area contributed by atoms with E-state index in [1.54, 1.807) is 0 Å². The Kier molecular flexibility index (Phi) is 6.77. The van der Waals surface area contributed by atoms with E-state index in [1.807, 2.05) is 19.9 Å². The number of rotatable bonds is 6. The molecule has 0 rings (SSSR count). The van der Waals surface area contributed by atoms with Gasteiger partial charge in [0, 0.05) is 18.5 Å². The lowest BCUT2D eigenvalue weighted by atomic mass is 10.1. The lowest BCUT2D eigenvalue weighted by molar-refractivity contribution is -0.122. The van der Waals surface area contributed by atoms with Crippen LogP contribution in [0.2, 0.25) is 0 Å². The minimum atomic E-state index is -0.0745. The molecule has 0 aromatic rings. The molecule has 14 heavy (non-hydrogen) atoms. The average Bonchev–Trinajstić information content (AvgIpc) is 2.16. The maximum absolute atomic E-state index is 11.4. The Morgan fingerprint density at radius 3 is 2.57 bits per heavy atom. The van der Waals surface area contributed by atoms with Crippen molar-refractivity contribution in [2.45, 2.75) is 51.6 Å². The second-order valence-corrected chi connectivity index (χ2v) is 3.41. The number of hydrogen-bond donors (Lipinski definition) is 2. The molecule has 4 nitrogen and oxygen atoms in total. The van der Waals surface area contributed by atoms with Crippen molar-refractivity contribution in [1.82, 2.24) is 5.32 Å². The van der Waals surface area contributed by atoms with Gasteiger partial charge in [-0.15, -0.1) is 0 Å². The van der Waals surface area contributed by atoms with Crippen LogP contribution in [0.15, 0.2) is 0 Å². The van der Waals surface area contributed by atoms with E-state index in [1.165, 1.54) is 0 Å². The molecule has 0 aliphatic rings. The summed E-state index contributed by atoms with van der Waals surface area (Å²) in [6.45, 7) is 3.90. The van der Waals surface area contributed by atoms with Crippen molar-refractivity contribution in [2.24, 2.45) is 5.73 Å². The van der Waals surface area contributed by atoms with Crippen LogP contribution in [0, 0.1) is 11.3 Å². The summed E-state index contributed by atoms with van der Waals surface area (Å²) in [5, 5.41) is 11.3. The molecule has 0 saturated carbocycles. The zero-order chi connectivity index (χ0) is 11.0. The van der Waals surface area contributed by atoms with Gasteiger partial charge in [0.2, 0.25) is 5.91 Å². The summed E-state index contributed by atoms with van der Waals surface area (Å²) in [6.07, 6.45) is 2.28. The van der Waals surface area contributed by atoms with Gasteiger partial charge in [-0.1, -0.05) is 13.8 Å². The van der Waals surface area contributed by atoms with E-state index in [0.29, 0.717) is 12.8 Å². The fraction of sp³-hybridized carbons (Fsp3) is 0.800. The molecule has 2 atom stereocenters. The zero-order valence-electron chi connectivity index (χ0n) is 8.92. The maximum Gasteiger partial charge on any atom is 0.221 e. The molecular formula is C10H19N3O. The zero-order valence-corrected chi connectivity index (χ0v) is 8.92. The highest BCUT2D eigenvalue weighted by Gasteiger charge is 2.12. The first-order chi connectivity index (χ1) is 6.63. The molecule has 0 aromatic carbocycles. The summed E-state index contributed by atoms with van der Waals surface area (Å²) in [5.74, 6) is -0.0542. The molecule has 1 amide bonds. The van der Waals surface area contributed by atoms with Crippen molar-refractivity contribution in [1.29, 1.82) is 5.26 Å².